The summed E-state index contributed by atoms with van der Waals surface area (Å²) in [4.78, 5) is 12.9. The summed E-state index contributed by atoms with van der Waals surface area (Å²) in [6.07, 6.45) is 2.19. The Hall–Kier alpha value is -3.97. The molecule has 1 heterocycles. The van der Waals surface area contributed by atoms with Crippen molar-refractivity contribution in [2.24, 2.45) is 0 Å². The molecule has 3 aromatic rings. The van der Waals surface area contributed by atoms with Crippen LogP contribution in [0.5, 0.6) is 17.2 Å². The Morgan fingerprint density at radius 3 is 2.27 bits per heavy atom. The van der Waals surface area contributed by atoms with Crippen LogP contribution in [-0.2, 0) is 16.1 Å². The predicted octanol–water partition coefficient (Wildman–Crippen LogP) is 6.32. The van der Waals surface area contributed by atoms with E-state index in [9.17, 15) is 4.79 Å². The number of nitrogens with one attached hydrogen (secondary N) is 1. The summed E-state index contributed by atoms with van der Waals surface area (Å²) in [6.45, 7) is 6.55. The molecular formula is C30H33NO6. The van der Waals surface area contributed by atoms with Gasteiger partial charge in [0.05, 0.1) is 25.3 Å². The van der Waals surface area contributed by atoms with Crippen molar-refractivity contribution in [3.63, 3.8) is 0 Å². The largest absolute Gasteiger partial charge is 0.497 e. The molecule has 1 aliphatic heterocycles. The molecule has 0 bridgehead atoms. The number of benzene rings is 3. The van der Waals surface area contributed by atoms with Crippen molar-refractivity contribution in [1.29, 1.82) is 0 Å². The number of hydrogen-bond donors (Lipinski definition) is 1. The van der Waals surface area contributed by atoms with Gasteiger partial charge in [-0.3, -0.25) is 0 Å². The molecule has 7 heteroatoms. The standard InChI is InChI=1S/C30H33NO6/c1-19-16-30(2,3)31-26-14-13-23(24-12-11-22(37-18-33-4)15-27(24)35-6)25(28(19)26)17-36-29(32)20-7-9-21(34-5)10-8-20/h7-16,31H,17-18H2,1-6H3. The molecule has 0 aromatic heterocycles. The van der Waals surface area contributed by atoms with Gasteiger partial charge in [-0.05, 0) is 74.4 Å². The number of hydrogen-bond acceptors (Lipinski definition) is 7. The normalized spacial score (nSPS) is 13.6. The Morgan fingerprint density at radius 1 is 0.892 bits per heavy atom. The van der Waals surface area contributed by atoms with Crippen molar-refractivity contribution in [3.05, 3.63) is 77.4 Å². The van der Waals surface area contributed by atoms with Gasteiger partial charge in [-0.15, -0.1) is 0 Å². The summed E-state index contributed by atoms with van der Waals surface area (Å²) in [7, 11) is 4.78. The summed E-state index contributed by atoms with van der Waals surface area (Å²) in [6, 6.07) is 16.6. The maximum Gasteiger partial charge on any atom is 0.338 e. The van der Waals surface area contributed by atoms with E-state index in [1.165, 1.54) is 0 Å². The molecule has 0 atom stereocenters. The zero-order valence-corrected chi connectivity index (χ0v) is 22.1. The Bertz CT molecular complexity index is 1310. The highest BCUT2D eigenvalue weighted by Crippen LogP contribution is 2.43. The molecule has 1 N–H and O–H groups in total. The highest BCUT2D eigenvalue weighted by atomic mass is 16.7. The molecule has 1 aliphatic rings. The summed E-state index contributed by atoms with van der Waals surface area (Å²) in [5.41, 5.74) is 6.03. The van der Waals surface area contributed by atoms with Crippen molar-refractivity contribution in [2.75, 3.05) is 33.4 Å². The van der Waals surface area contributed by atoms with E-state index < -0.39 is 5.97 Å². The number of esters is 1. The van der Waals surface area contributed by atoms with E-state index in [4.69, 9.17) is 23.7 Å². The fourth-order valence-electron chi connectivity index (χ4n) is 4.66. The Kier molecular flexibility index (Phi) is 7.74. The third-order valence-corrected chi connectivity index (χ3v) is 6.22. The third-order valence-electron chi connectivity index (χ3n) is 6.22. The maximum atomic E-state index is 12.9. The predicted molar refractivity (Wildman–Crippen MR) is 144 cm³/mol. The highest BCUT2D eigenvalue weighted by Gasteiger charge is 2.27. The zero-order chi connectivity index (χ0) is 26.6. The molecule has 4 rings (SSSR count). The number of carbonyl (C=O) groups is 1. The lowest BCUT2D eigenvalue weighted by Crippen LogP contribution is -2.32. The molecule has 194 valence electrons. The van der Waals surface area contributed by atoms with Crippen LogP contribution in [0.25, 0.3) is 16.7 Å². The second-order valence-corrected chi connectivity index (χ2v) is 9.41. The summed E-state index contributed by atoms with van der Waals surface area (Å²) >= 11 is 0. The Balaban J connectivity index is 1.76. The average molecular weight is 504 g/mol. The summed E-state index contributed by atoms with van der Waals surface area (Å²) < 4.78 is 27.4. The van der Waals surface area contributed by atoms with Gasteiger partial charge < -0.3 is 29.0 Å². The number of ether oxygens (including phenoxy) is 5. The molecule has 0 spiro atoms. The first-order valence-corrected chi connectivity index (χ1v) is 12.0. The first-order valence-electron chi connectivity index (χ1n) is 12.0. The summed E-state index contributed by atoms with van der Waals surface area (Å²) in [5.74, 6) is 1.54. The van der Waals surface area contributed by atoms with E-state index in [2.05, 4.69) is 38.2 Å². The van der Waals surface area contributed by atoms with Crippen molar-refractivity contribution < 1.29 is 28.5 Å². The van der Waals surface area contributed by atoms with Gasteiger partial charge in [0.25, 0.3) is 0 Å². The molecule has 0 unspecified atom stereocenters. The lowest BCUT2D eigenvalue weighted by atomic mass is 9.85. The minimum Gasteiger partial charge on any atom is -0.497 e. The second kappa shape index (κ2) is 11.0. The Labute approximate surface area is 218 Å². The van der Waals surface area contributed by atoms with Crippen molar-refractivity contribution in [1.82, 2.24) is 0 Å². The van der Waals surface area contributed by atoms with Crippen molar-refractivity contribution in [3.8, 4) is 28.4 Å². The van der Waals surface area contributed by atoms with E-state index >= 15 is 0 Å². The number of anilines is 1. The van der Waals surface area contributed by atoms with Gasteiger partial charge >= 0.3 is 5.97 Å². The monoisotopic (exact) mass is 503 g/mol. The molecule has 0 aliphatic carbocycles. The van der Waals surface area contributed by atoms with Crippen LogP contribution in [0.3, 0.4) is 0 Å². The minimum atomic E-state index is -0.410. The SMILES string of the molecule is COCOc1ccc(-c2ccc3c(c2COC(=O)c2ccc(OC)cc2)C(C)=CC(C)(C)N3)c(OC)c1. The number of carbonyl (C=O) groups excluding carboxylic acids is 1. The summed E-state index contributed by atoms with van der Waals surface area (Å²) in [5, 5.41) is 3.58. The molecule has 0 saturated carbocycles. The number of allylic oxidation sites excluding steroid dienone is 1. The van der Waals surface area contributed by atoms with E-state index in [0.29, 0.717) is 22.8 Å². The first-order chi connectivity index (χ1) is 17.8. The van der Waals surface area contributed by atoms with Gasteiger partial charge in [-0.1, -0.05) is 12.1 Å². The molecule has 0 fully saturated rings. The van der Waals surface area contributed by atoms with Crippen molar-refractivity contribution >= 4 is 17.2 Å². The average Bonchev–Trinajstić information content (AvgIpc) is 2.89. The Morgan fingerprint density at radius 2 is 1.59 bits per heavy atom. The lowest BCUT2D eigenvalue weighted by molar-refractivity contribution is 0.0473. The zero-order valence-electron chi connectivity index (χ0n) is 22.1. The molecule has 0 amide bonds. The molecule has 3 aromatic carbocycles. The van der Waals surface area contributed by atoms with E-state index in [0.717, 1.165) is 33.5 Å². The number of methoxy groups -OCH3 is 3. The first kappa shape index (κ1) is 26.1. The van der Waals surface area contributed by atoms with Gasteiger partial charge in [-0.25, -0.2) is 4.79 Å². The number of rotatable bonds is 9. The van der Waals surface area contributed by atoms with Gasteiger partial charge in [0.1, 0.15) is 23.9 Å². The molecule has 0 saturated heterocycles. The van der Waals surface area contributed by atoms with Crippen molar-refractivity contribution in [2.45, 2.75) is 32.9 Å². The maximum absolute atomic E-state index is 12.9. The fraction of sp³-hybridized carbons (Fsp3) is 0.300. The van der Waals surface area contributed by atoms with E-state index in [-0.39, 0.29) is 18.9 Å². The molecular weight excluding hydrogens is 470 g/mol. The van der Waals surface area contributed by atoms with E-state index in [1.807, 2.05) is 24.3 Å². The van der Waals surface area contributed by atoms with Crippen LogP contribution in [0.2, 0.25) is 0 Å². The van der Waals surface area contributed by atoms with Crippen LogP contribution in [0.4, 0.5) is 5.69 Å². The quantitative estimate of drug-likeness (QED) is 0.271. The fourth-order valence-corrected chi connectivity index (χ4v) is 4.66. The van der Waals surface area contributed by atoms with Crippen LogP contribution in [0.15, 0.2) is 60.7 Å². The lowest BCUT2D eigenvalue weighted by Gasteiger charge is -2.33. The topological polar surface area (TPSA) is 75.3 Å². The van der Waals surface area contributed by atoms with Gasteiger partial charge in [0.15, 0.2) is 6.79 Å². The smallest absolute Gasteiger partial charge is 0.338 e. The van der Waals surface area contributed by atoms with Crippen LogP contribution in [0.1, 0.15) is 42.3 Å². The molecule has 7 nitrogen and oxygen atoms in total. The van der Waals surface area contributed by atoms with Gasteiger partial charge in [0.2, 0.25) is 0 Å². The van der Waals surface area contributed by atoms with E-state index in [1.54, 1.807) is 45.6 Å². The molecule has 37 heavy (non-hydrogen) atoms. The second-order valence-electron chi connectivity index (χ2n) is 9.41. The van der Waals surface area contributed by atoms with Crippen LogP contribution in [0, 0.1) is 0 Å². The van der Waals surface area contributed by atoms with Crippen LogP contribution < -0.4 is 19.5 Å². The third kappa shape index (κ3) is 5.73. The van der Waals surface area contributed by atoms with Gasteiger partial charge in [-0.2, -0.15) is 0 Å². The highest BCUT2D eigenvalue weighted by molar-refractivity contribution is 5.91. The van der Waals surface area contributed by atoms with Crippen LogP contribution >= 0.6 is 0 Å². The minimum absolute atomic E-state index is 0.0851. The van der Waals surface area contributed by atoms with Gasteiger partial charge in [0, 0.05) is 35.6 Å². The molecule has 0 radical (unpaired) electrons. The van der Waals surface area contributed by atoms with Crippen LogP contribution in [-0.4, -0.2) is 39.6 Å². The number of fused-ring (bicyclic) bond motifs is 1.